The summed E-state index contributed by atoms with van der Waals surface area (Å²) in [6.45, 7) is 1.92. The number of anilines is 1. The van der Waals surface area contributed by atoms with E-state index in [1.165, 1.54) is 0 Å². The highest BCUT2D eigenvalue weighted by Gasteiger charge is 2.18. The molecule has 1 N–H and O–H groups in total. The summed E-state index contributed by atoms with van der Waals surface area (Å²) >= 11 is 6.18. The van der Waals surface area contributed by atoms with E-state index in [1.54, 1.807) is 60.7 Å². The minimum atomic E-state index is -0.370. The average molecular weight is 350 g/mol. The molecule has 0 saturated heterocycles. The van der Waals surface area contributed by atoms with Gasteiger partial charge in [0.05, 0.1) is 16.3 Å². The van der Waals surface area contributed by atoms with Crippen LogP contribution in [0.15, 0.2) is 72.8 Å². The van der Waals surface area contributed by atoms with Gasteiger partial charge in [-0.05, 0) is 30.7 Å². The topological polar surface area (TPSA) is 46.2 Å². The summed E-state index contributed by atoms with van der Waals surface area (Å²) in [5, 5.41) is 3.24. The standard InChI is InChI=1S/C21H16ClNO2/c1-14-11-12-19(18(22)13-14)23-21(25)17-10-6-5-9-16(17)20(24)15-7-3-2-4-8-15/h2-13H,1H3,(H,23,25). The van der Waals surface area contributed by atoms with Crippen LogP contribution in [0, 0.1) is 6.92 Å². The zero-order valence-corrected chi connectivity index (χ0v) is 14.4. The van der Waals surface area contributed by atoms with Gasteiger partial charge in [-0.25, -0.2) is 0 Å². The molecular formula is C21H16ClNO2. The maximum atomic E-state index is 12.7. The molecule has 0 aromatic heterocycles. The second-order valence-electron chi connectivity index (χ2n) is 5.68. The lowest BCUT2D eigenvalue weighted by atomic mass is 9.98. The van der Waals surface area contributed by atoms with Gasteiger partial charge < -0.3 is 5.32 Å². The first kappa shape index (κ1) is 16.9. The smallest absolute Gasteiger partial charge is 0.256 e. The van der Waals surface area contributed by atoms with Crippen LogP contribution in [0.2, 0.25) is 5.02 Å². The van der Waals surface area contributed by atoms with E-state index in [1.807, 2.05) is 19.1 Å². The Labute approximate surface area is 151 Å². The highest BCUT2D eigenvalue weighted by molar-refractivity contribution is 6.34. The average Bonchev–Trinajstić information content (AvgIpc) is 2.64. The number of nitrogens with one attached hydrogen (secondary N) is 1. The van der Waals surface area contributed by atoms with E-state index in [0.717, 1.165) is 5.56 Å². The minimum absolute atomic E-state index is 0.193. The third-order valence-electron chi connectivity index (χ3n) is 3.83. The van der Waals surface area contributed by atoms with Crippen LogP contribution in [0.25, 0.3) is 0 Å². The highest BCUT2D eigenvalue weighted by atomic mass is 35.5. The fraction of sp³-hybridized carbons (Fsp3) is 0.0476. The summed E-state index contributed by atoms with van der Waals surface area (Å²) in [5.74, 6) is -0.563. The Kier molecular flexibility index (Phi) is 4.96. The molecule has 0 radical (unpaired) electrons. The lowest BCUT2D eigenvalue weighted by Crippen LogP contribution is -2.17. The quantitative estimate of drug-likeness (QED) is 0.663. The van der Waals surface area contributed by atoms with Crippen molar-refractivity contribution in [3.8, 4) is 0 Å². The van der Waals surface area contributed by atoms with E-state index in [2.05, 4.69) is 5.32 Å². The summed E-state index contributed by atoms with van der Waals surface area (Å²) in [6.07, 6.45) is 0. The van der Waals surface area contributed by atoms with Crippen LogP contribution in [0.5, 0.6) is 0 Å². The van der Waals surface area contributed by atoms with Crippen molar-refractivity contribution in [1.29, 1.82) is 0 Å². The summed E-state index contributed by atoms with van der Waals surface area (Å²) in [5.41, 5.74) is 2.72. The van der Waals surface area contributed by atoms with E-state index in [0.29, 0.717) is 27.4 Å². The predicted octanol–water partition coefficient (Wildman–Crippen LogP) is 5.13. The number of hydrogen-bond donors (Lipinski definition) is 1. The van der Waals surface area contributed by atoms with Gasteiger partial charge >= 0.3 is 0 Å². The number of halogens is 1. The number of rotatable bonds is 4. The molecule has 124 valence electrons. The van der Waals surface area contributed by atoms with Gasteiger partial charge in [0.2, 0.25) is 0 Å². The van der Waals surface area contributed by atoms with Crippen LogP contribution in [0.4, 0.5) is 5.69 Å². The number of carbonyl (C=O) groups excluding carboxylic acids is 2. The molecule has 4 heteroatoms. The van der Waals surface area contributed by atoms with E-state index in [4.69, 9.17) is 11.6 Å². The SMILES string of the molecule is Cc1ccc(NC(=O)c2ccccc2C(=O)c2ccccc2)c(Cl)c1. The maximum Gasteiger partial charge on any atom is 0.256 e. The molecule has 0 aliphatic rings. The lowest BCUT2D eigenvalue weighted by Gasteiger charge is -2.11. The molecule has 0 unspecified atom stereocenters. The van der Waals surface area contributed by atoms with Gasteiger partial charge in [0.1, 0.15) is 0 Å². The number of ketones is 1. The molecule has 0 aliphatic carbocycles. The fourth-order valence-electron chi connectivity index (χ4n) is 2.54. The molecule has 3 nitrogen and oxygen atoms in total. The van der Waals surface area contributed by atoms with Crippen LogP contribution in [-0.4, -0.2) is 11.7 Å². The second kappa shape index (κ2) is 7.32. The van der Waals surface area contributed by atoms with E-state index < -0.39 is 0 Å². The van der Waals surface area contributed by atoms with Crippen molar-refractivity contribution in [3.63, 3.8) is 0 Å². The normalized spacial score (nSPS) is 10.3. The van der Waals surface area contributed by atoms with E-state index in [9.17, 15) is 9.59 Å². The van der Waals surface area contributed by atoms with E-state index in [-0.39, 0.29) is 11.7 Å². The monoisotopic (exact) mass is 349 g/mol. The molecule has 1 amide bonds. The molecule has 3 aromatic rings. The molecule has 0 fully saturated rings. The van der Waals surface area contributed by atoms with Crippen LogP contribution in [-0.2, 0) is 0 Å². The van der Waals surface area contributed by atoms with Gasteiger partial charge in [0.15, 0.2) is 5.78 Å². The number of amides is 1. The molecule has 0 spiro atoms. The summed E-state index contributed by atoms with van der Waals surface area (Å²) < 4.78 is 0. The molecule has 0 aliphatic heterocycles. The highest BCUT2D eigenvalue weighted by Crippen LogP contribution is 2.24. The first-order chi connectivity index (χ1) is 12.1. The van der Waals surface area contributed by atoms with Crippen molar-refractivity contribution in [1.82, 2.24) is 0 Å². The number of benzene rings is 3. The van der Waals surface area contributed by atoms with Gasteiger partial charge in [0, 0.05) is 11.1 Å². The number of carbonyl (C=O) groups is 2. The second-order valence-corrected chi connectivity index (χ2v) is 6.09. The number of hydrogen-bond acceptors (Lipinski definition) is 2. The minimum Gasteiger partial charge on any atom is -0.321 e. The van der Waals surface area contributed by atoms with Gasteiger partial charge in [-0.3, -0.25) is 9.59 Å². The zero-order valence-electron chi connectivity index (χ0n) is 13.6. The summed E-state index contributed by atoms with van der Waals surface area (Å²) in [4.78, 5) is 25.4. The molecule has 3 aromatic carbocycles. The molecule has 0 bridgehead atoms. The Morgan fingerprint density at radius 3 is 2.16 bits per heavy atom. The first-order valence-electron chi connectivity index (χ1n) is 7.82. The Balaban J connectivity index is 1.92. The fourth-order valence-corrected chi connectivity index (χ4v) is 2.82. The van der Waals surface area contributed by atoms with Crippen molar-refractivity contribution >= 4 is 29.0 Å². The van der Waals surface area contributed by atoms with E-state index >= 15 is 0 Å². The predicted molar refractivity (Wildman–Crippen MR) is 100 cm³/mol. The van der Waals surface area contributed by atoms with Gasteiger partial charge in [-0.2, -0.15) is 0 Å². The Bertz CT molecular complexity index is 936. The molecule has 3 rings (SSSR count). The van der Waals surface area contributed by atoms with Crippen molar-refractivity contribution in [3.05, 3.63) is 100 Å². The zero-order chi connectivity index (χ0) is 17.8. The third-order valence-corrected chi connectivity index (χ3v) is 4.14. The van der Waals surface area contributed by atoms with Crippen LogP contribution in [0.1, 0.15) is 31.8 Å². The molecule has 25 heavy (non-hydrogen) atoms. The van der Waals surface area contributed by atoms with Gasteiger partial charge in [-0.15, -0.1) is 0 Å². The van der Waals surface area contributed by atoms with Crippen LogP contribution >= 0.6 is 11.6 Å². The summed E-state index contributed by atoms with van der Waals surface area (Å²) in [7, 11) is 0. The molecule has 0 saturated carbocycles. The largest absolute Gasteiger partial charge is 0.321 e. The first-order valence-corrected chi connectivity index (χ1v) is 8.20. The number of aryl methyl sites for hydroxylation is 1. The van der Waals surface area contributed by atoms with Crippen LogP contribution < -0.4 is 5.32 Å². The molecule has 0 atom stereocenters. The third kappa shape index (κ3) is 3.78. The van der Waals surface area contributed by atoms with Gasteiger partial charge in [-0.1, -0.05) is 66.2 Å². The molecule has 0 heterocycles. The maximum absolute atomic E-state index is 12.7. The van der Waals surface area contributed by atoms with Gasteiger partial charge in [0.25, 0.3) is 5.91 Å². The van der Waals surface area contributed by atoms with Crippen LogP contribution in [0.3, 0.4) is 0 Å². The van der Waals surface area contributed by atoms with Crippen molar-refractivity contribution in [2.75, 3.05) is 5.32 Å². The lowest BCUT2D eigenvalue weighted by molar-refractivity contribution is 0.0996. The van der Waals surface area contributed by atoms with Crippen molar-refractivity contribution in [2.24, 2.45) is 0 Å². The Hall–Kier alpha value is -2.91. The molecular weight excluding hydrogens is 334 g/mol. The summed E-state index contributed by atoms with van der Waals surface area (Å²) in [6, 6.07) is 21.0. The van der Waals surface area contributed by atoms with Crippen molar-refractivity contribution in [2.45, 2.75) is 6.92 Å². The Morgan fingerprint density at radius 2 is 1.48 bits per heavy atom. The Morgan fingerprint density at radius 1 is 0.840 bits per heavy atom. The van der Waals surface area contributed by atoms with Crippen molar-refractivity contribution < 1.29 is 9.59 Å².